The maximum absolute atomic E-state index is 12.3. The molecule has 2 rings (SSSR count). The molecule has 0 radical (unpaired) electrons. The Balaban J connectivity index is 1.82. The zero-order chi connectivity index (χ0) is 14.4. The lowest BCUT2D eigenvalue weighted by molar-refractivity contribution is 0.479. The Hall–Kier alpha value is -0.910. The molecule has 0 saturated carbocycles. The molecule has 1 atom stereocenters. The van der Waals surface area contributed by atoms with Crippen molar-refractivity contribution in [2.75, 3.05) is 13.1 Å². The number of piperidine rings is 1. The van der Waals surface area contributed by atoms with Crippen molar-refractivity contribution >= 4 is 10.0 Å². The van der Waals surface area contributed by atoms with E-state index in [2.05, 4.69) is 22.2 Å². The van der Waals surface area contributed by atoms with Crippen LogP contribution >= 0.6 is 0 Å². The van der Waals surface area contributed by atoms with Crippen molar-refractivity contribution in [3.05, 3.63) is 35.9 Å². The van der Waals surface area contributed by atoms with Crippen LogP contribution in [0, 0.1) is 0 Å². The summed E-state index contributed by atoms with van der Waals surface area (Å²) >= 11 is 0. The molecular formula is C15H24N2O2S. The van der Waals surface area contributed by atoms with Crippen molar-refractivity contribution in [1.29, 1.82) is 0 Å². The lowest BCUT2D eigenvalue weighted by atomic mass is 10.1. The molecule has 0 spiro atoms. The zero-order valence-electron chi connectivity index (χ0n) is 12.0. The first kappa shape index (κ1) is 15.5. The van der Waals surface area contributed by atoms with Crippen LogP contribution < -0.4 is 10.0 Å². The number of rotatable bonds is 6. The molecule has 1 aromatic rings. The Bertz CT molecular complexity index is 496. The van der Waals surface area contributed by atoms with E-state index in [1.165, 1.54) is 5.56 Å². The van der Waals surface area contributed by atoms with Crippen LogP contribution in [0.3, 0.4) is 0 Å². The van der Waals surface area contributed by atoms with Gasteiger partial charge in [-0.05, 0) is 51.3 Å². The molecule has 0 aromatic heterocycles. The Morgan fingerprint density at radius 2 is 1.90 bits per heavy atom. The second-order valence-corrected chi connectivity index (χ2v) is 7.53. The van der Waals surface area contributed by atoms with Crippen LogP contribution in [0.5, 0.6) is 0 Å². The number of hydrogen-bond donors (Lipinski definition) is 2. The van der Waals surface area contributed by atoms with Crippen LogP contribution in [0.2, 0.25) is 0 Å². The predicted octanol–water partition coefficient (Wildman–Crippen LogP) is 1.68. The molecule has 1 unspecified atom stereocenters. The monoisotopic (exact) mass is 296 g/mol. The minimum absolute atomic E-state index is 0.0184. The third kappa shape index (κ3) is 4.58. The number of aryl methyl sites for hydroxylation is 1. The molecule has 1 aromatic carbocycles. The van der Waals surface area contributed by atoms with Crippen molar-refractivity contribution in [2.45, 2.75) is 43.9 Å². The average Bonchev–Trinajstić information content (AvgIpc) is 2.47. The fourth-order valence-corrected chi connectivity index (χ4v) is 4.30. The van der Waals surface area contributed by atoms with Gasteiger partial charge >= 0.3 is 0 Å². The van der Waals surface area contributed by atoms with Gasteiger partial charge < -0.3 is 5.32 Å². The summed E-state index contributed by atoms with van der Waals surface area (Å²) in [7, 11) is -3.18. The maximum Gasteiger partial charge on any atom is 0.214 e. The molecule has 1 aliphatic rings. The van der Waals surface area contributed by atoms with Gasteiger partial charge in [-0.2, -0.15) is 0 Å². The lowest BCUT2D eigenvalue weighted by Crippen LogP contribution is -2.44. The molecule has 1 heterocycles. The average molecular weight is 296 g/mol. The summed E-state index contributed by atoms with van der Waals surface area (Å²) in [5, 5.41) is 2.96. The molecule has 4 nitrogen and oxygen atoms in total. The van der Waals surface area contributed by atoms with Gasteiger partial charge in [-0.1, -0.05) is 30.3 Å². The minimum Gasteiger partial charge on any atom is -0.317 e. The van der Waals surface area contributed by atoms with Crippen molar-refractivity contribution in [3.8, 4) is 0 Å². The highest BCUT2D eigenvalue weighted by molar-refractivity contribution is 7.90. The summed E-state index contributed by atoms with van der Waals surface area (Å²) < 4.78 is 27.4. The van der Waals surface area contributed by atoms with E-state index < -0.39 is 10.0 Å². The van der Waals surface area contributed by atoms with Gasteiger partial charge in [0.25, 0.3) is 0 Å². The Kier molecular flexibility index (Phi) is 5.57. The van der Waals surface area contributed by atoms with Crippen molar-refractivity contribution in [1.82, 2.24) is 10.0 Å². The van der Waals surface area contributed by atoms with E-state index in [0.29, 0.717) is 12.8 Å². The highest BCUT2D eigenvalue weighted by atomic mass is 32.2. The molecule has 0 aliphatic carbocycles. The summed E-state index contributed by atoms with van der Waals surface area (Å²) in [4.78, 5) is 0. The highest BCUT2D eigenvalue weighted by Gasteiger charge is 2.27. The summed E-state index contributed by atoms with van der Waals surface area (Å²) in [6.45, 7) is 3.54. The third-order valence-corrected chi connectivity index (χ3v) is 5.88. The molecule has 20 heavy (non-hydrogen) atoms. The van der Waals surface area contributed by atoms with Gasteiger partial charge in [-0.25, -0.2) is 13.1 Å². The summed E-state index contributed by atoms with van der Waals surface area (Å²) in [5.41, 5.74) is 1.25. The minimum atomic E-state index is -3.18. The van der Waals surface area contributed by atoms with E-state index >= 15 is 0 Å². The first-order valence-corrected chi connectivity index (χ1v) is 8.88. The van der Waals surface area contributed by atoms with Gasteiger partial charge in [-0.15, -0.1) is 0 Å². The molecule has 1 fully saturated rings. The van der Waals surface area contributed by atoms with Gasteiger partial charge in [0.2, 0.25) is 10.0 Å². The molecule has 2 N–H and O–H groups in total. The predicted molar refractivity (Wildman–Crippen MR) is 82.2 cm³/mol. The standard InChI is InChI=1S/C15H24N2O2S/c1-13(7-8-14-5-3-2-4-6-14)17-20(18,19)15-9-11-16-12-10-15/h2-6,13,15-17H,7-12H2,1H3. The maximum atomic E-state index is 12.3. The second kappa shape index (κ2) is 7.20. The molecule has 5 heteroatoms. The van der Waals surface area contributed by atoms with Crippen molar-refractivity contribution in [2.24, 2.45) is 0 Å². The molecular weight excluding hydrogens is 272 g/mol. The summed E-state index contributed by atoms with van der Waals surface area (Å²) in [5.74, 6) is 0. The first-order valence-electron chi connectivity index (χ1n) is 7.34. The SMILES string of the molecule is CC(CCc1ccccc1)NS(=O)(=O)C1CCNCC1. The zero-order valence-corrected chi connectivity index (χ0v) is 12.8. The largest absolute Gasteiger partial charge is 0.317 e. The van der Waals surface area contributed by atoms with Gasteiger partial charge in [0.15, 0.2) is 0 Å². The van der Waals surface area contributed by atoms with Crippen molar-refractivity contribution < 1.29 is 8.42 Å². The van der Waals surface area contributed by atoms with E-state index in [4.69, 9.17) is 0 Å². The quantitative estimate of drug-likeness (QED) is 0.840. The van der Waals surface area contributed by atoms with Crippen molar-refractivity contribution in [3.63, 3.8) is 0 Å². The molecule has 1 aliphatic heterocycles. The Morgan fingerprint density at radius 1 is 1.25 bits per heavy atom. The molecule has 0 bridgehead atoms. The van der Waals surface area contributed by atoms with Crippen LogP contribution in [0.25, 0.3) is 0 Å². The van der Waals surface area contributed by atoms with E-state index in [1.807, 2.05) is 25.1 Å². The number of hydrogen-bond acceptors (Lipinski definition) is 3. The smallest absolute Gasteiger partial charge is 0.214 e. The Labute approximate surface area is 122 Å². The van der Waals surface area contributed by atoms with Crippen LogP contribution in [0.15, 0.2) is 30.3 Å². The molecule has 1 saturated heterocycles. The van der Waals surface area contributed by atoms with E-state index in [1.54, 1.807) is 0 Å². The van der Waals surface area contributed by atoms with Crippen LogP contribution in [-0.4, -0.2) is 32.8 Å². The van der Waals surface area contributed by atoms with E-state index in [9.17, 15) is 8.42 Å². The Morgan fingerprint density at radius 3 is 2.55 bits per heavy atom. The van der Waals surface area contributed by atoms with Gasteiger partial charge in [0.1, 0.15) is 0 Å². The first-order chi connectivity index (χ1) is 9.58. The van der Waals surface area contributed by atoms with Gasteiger partial charge in [0, 0.05) is 6.04 Å². The molecule has 112 valence electrons. The lowest BCUT2D eigenvalue weighted by Gasteiger charge is -2.25. The summed E-state index contributed by atoms with van der Waals surface area (Å²) in [6.07, 6.45) is 3.15. The number of sulfonamides is 1. The second-order valence-electron chi connectivity index (χ2n) is 5.54. The van der Waals surface area contributed by atoms with E-state index in [-0.39, 0.29) is 11.3 Å². The normalized spacial score (nSPS) is 18.9. The highest BCUT2D eigenvalue weighted by Crippen LogP contribution is 2.13. The molecule has 0 amide bonds. The number of nitrogens with one attached hydrogen (secondary N) is 2. The topological polar surface area (TPSA) is 58.2 Å². The van der Waals surface area contributed by atoms with Crippen LogP contribution in [0.4, 0.5) is 0 Å². The fraction of sp³-hybridized carbons (Fsp3) is 0.600. The number of benzene rings is 1. The fourth-order valence-electron chi connectivity index (χ4n) is 2.57. The van der Waals surface area contributed by atoms with Crippen LogP contribution in [-0.2, 0) is 16.4 Å². The van der Waals surface area contributed by atoms with E-state index in [0.717, 1.165) is 25.9 Å². The third-order valence-electron chi connectivity index (χ3n) is 3.80. The van der Waals surface area contributed by atoms with Gasteiger partial charge in [0.05, 0.1) is 5.25 Å². The van der Waals surface area contributed by atoms with Crippen LogP contribution in [0.1, 0.15) is 31.7 Å². The van der Waals surface area contributed by atoms with Gasteiger partial charge in [-0.3, -0.25) is 0 Å². The summed E-state index contributed by atoms with van der Waals surface area (Å²) in [6, 6.07) is 10.2.